The van der Waals surface area contributed by atoms with E-state index in [1.807, 2.05) is 13.8 Å². The standard InChI is InChI=1S/C24H37NO10.C2H6/c1-3-32-23(26)18-25(19-24(27)33-4-2)20-5-6-21-22(17-20)35-16-14-31-12-10-29-8-7-28-9-11-30-13-15-34-21;1-2/h5-6,17H,3-4,7-16,18-19H2,1-2H3;1-2H3. The summed E-state index contributed by atoms with van der Waals surface area (Å²) in [5.74, 6) is 0.0452. The highest BCUT2D eigenvalue weighted by Gasteiger charge is 2.19. The molecule has 0 N–H and O–H groups in total. The zero-order valence-corrected chi connectivity index (χ0v) is 22.7. The predicted octanol–water partition coefficient (Wildman–Crippen LogP) is 2.48. The molecule has 1 heterocycles. The maximum atomic E-state index is 12.1. The number of hydrogen-bond acceptors (Lipinski definition) is 11. The summed E-state index contributed by atoms with van der Waals surface area (Å²) in [5, 5.41) is 0. The number of fused-ring (bicyclic) bond motifs is 1. The third-order valence-corrected chi connectivity index (χ3v) is 4.63. The Morgan fingerprint density at radius 2 is 1.08 bits per heavy atom. The van der Waals surface area contributed by atoms with E-state index in [1.165, 1.54) is 0 Å². The van der Waals surface area contributed by atoms with Crippen LogP contribution < -0.4 is 14.4 Å². The number of hydrogen-bond donors (Lipinski definition) is 0. The topological polar surface area (TPSA) is 111 Å². The van der Waals surface area contributed by atoms with Gasteiger partial charge < -0.3 is 42.8 Å². The molecule has 0 bridgehead atoms. The Balaban J connectivity index is 0.00000334. The van der Waals surface area contributed by atoms with Crippen LogP contribution in [0.25, 0.3) is 0 Å². The average Bonchev–Trinajstić information content (AvgIpc) is 2.89. The average molecular weight is 530 g/mol. The van der Waals surface area contributed by atoms with Crippen molar-refractivity contribution in [3.05, 3.63) is 18.2 Å². The molecular weight excluding hydrogens is 486 g/mol. The van der Waals surface area contributed by atoms with E-state index in [9.17, 15) is 9.59 Å². The van der Waals surface area contributed by atoms with E-state index in [2.05, 4.69) is 0 Å². The van der Waals surface area contributed by atoms with E-state index in [1.54, 1.807) is 36.9 Å². The van der Waals surface area contributed by atoms with Crippen molar-refractivity contribution >= 4 is 17.6 Å². The summed E-state index contributed by atoms with van der Waals surface area (Å²) in [6.07, 6.45) is 0. The molecule has 0 unspecified atom stereocenters. The van der Waals surface area contributed by atoms with Gasteiger partial charge in [-0.1, -0.05) is 13.8 Å². The number of ether oxygens (including phenoxy) is 8. The molecule has 0 saturated heterocycles. The lowest BCUT2D eigenvalue weighted by atomic mass is 10.2. The Kier molecular flexibility index (Phi) is 18.8. The molecule has 2 rings (SSSR count). The second-order valence-electron chi connectivity index (χ2n) is 7.24. The summed E-state index contributed by atoms with van der Waals surface area (Å²) in [4.78, 5) is 25.9. The molecule has 0 spiro atoms. The third kappa shape index (κ3) is 14.7. The van der Waals surface area contributed by atoms with Gasteiger partial charge in [-0.2, -0.15) is 0 Å². The van der Waals surface area contributed by atoms with Crippen LogP contribution in [0.4, 0.5) is 5.69 Å². The third-order valence-electron chi connectivity index (χ3n) is 4.63. The van der Waals surface area contributed by atoms with Crippen LogP contribution in [-0.2, 0) is 38.0 Å². The van der Waals surface area contributed by atoms with Crippen molar-refractivity contribution in [1.82, 2.24) is 0 Å². The number of rotatable bonds is 7. The van der Waals surface area contributed by atoms with Crippen molar-refractivity contribution in [1.29, 1.82) is 0 Å². The summed E-state index contributed by atoms with van der Waals surface area (Å²) in [6.45, 7) is 11.8. The molecule has 11 nitrogen and oxygen atoms in total. The van der Waals surface area contributed by atoms with E-state index in [4.69, 9.17) is 37.9 Å². The number of anilines is 1. The largest absolute Gasteiger partial charge is 0.487 e. The lowest BCUT2D eigenvalue weighted by Crippen LogP contribution is -2.36. The van der Waals surface area contributed by atoms with E-state index >= 15 is 0 Å². The van der Waals surface area contributed by atoms with Gasteiger partial charge in [-0.3, -0.25) is 9.59 Å². The minimum atomic E-state index is -0.454. The maximum Gasteiger partial charge on any atom is 0.325 e. The van der Waals surface area contributed by atoms with Gasteiger partial charge in [0.05, 0.1) is 66.1 Å². The molecule has 0 amide bonds. The van der Waals surface area contributed by atoms with Crippen LogP contribution in [0.5, 0.6) is 11.5 Å². The Labute approximate surface area is 220 Å². The summed E-state index contributed by atoms with van der Waals surface area (Å²) < 4.78 is 43.8. The zero-order chi connectivity index (χ0) is 27.1. The number of nitrogens with zero attached hydrogens (tertiary/aromatic N) is 1. The number of carbonyl (C=O) groups is 2. The second-order valence-corrected chi connectivity index (χ2v) is 7.24. The van der Waals surface area contributed by atoms with Crippen LogP contribution in [0, 0.1) is 0 Å². The minimum Gasteiger partial charge on any atom is -0.487 e. The molecule has 1 aromatic rings. The first-order valence-electron chi connectivity index (χ1n) is 12.9. The van der Waals surface area contributed by atoms with Gasteiger partial charge in [0.2, 0.25) is 0 Å². The number of benzene rings is 1. The molecule has 0 aromatic heterocycles. The van der Waals surface area contributed by atoms with Gasteiger partial charge in [0, 0.05) is 11.8 Å². The summed E-state index contributed by atoms with van der Waals surface area (Å²) in [6, 6.07) is 5.18. The van der Waals surface area contributed by atoms with Gasteiger partial charge in [-0.15, -0.1) is 0 Å². The van der Waals surface area contributed by atoms with E-state index in [0.29, 0.717) is 76.6 Å². The smallest absolute Gasteiger partial charge is 0.325 e. The lowest BCUT2D eigenvalue weighted by Gasteiger charge is -2.24. The van der Waals surface area contributed by atoms with E-state index in [0.717, 1.165) is 0 Å². The maximum absolute atomic E-state index is 12.1. The Bertz CT molecular complexity index is 726. The minimum absolute atomic E-state index is 0.120. The second kappa shape index (κ2) is 21.5. The van der Waals surface area contributed by atoms with Crippen molar-refractivity contribution in [2.75, 3.05) is 97.3 Å². The van der Waals surface area contributed by atoms with Gasteiger partial charge in [0.1, 0.15) is 26.3 Å². The first-order valence-corrected chi connectivity index (χ1v) is 12.9. The molecule has 11 heteroatoms. The van der Waals surface area contributed by atoms with Crippen LogP contribution in [0.2, 0.25) is 0 Å². The van der Waals surface area contributed by atoms with Crippen LogP contribution in [0.1, 0.15) is 27.7 Å². The quantitative estimate of drug-likeness (QED) is 0.486. The molecule has 1 aliphatic rings. The molecule has 0 saturated carbocycles. The lowest BCUT2D eigenvalue weighted by molar-refractivity contribution is -0.142. The van der Waals surface area contributed by atoms with Crippen molar-refractivity contribution in [3.63, 3.8) is 0 Å². The zero-order valence-electron chi connectivity index (χ0n) is 22.7. The highest BCUT2D eigenvalue weighted by molar-refractivity contribution is 5.81. The van der Waals surface area contributed by atoms with Gasteiger partial charge in [0.15, 0.2) is 11.5 Å². The molecule has 1 aliphatic heterocycles. The Hall–Kier alpha value is -2.60. The summed E-state index contributed by atoms with van der Waals surface area (Å²) in [7, 11) is 0. The normalized spacial score (nSPS) is 15.7. The van der Waals surface area contributed by atoms with Crippen LogP contribution in [0.15, 0.2) is 18.2 Å². The van der Waals surface area contributed by atoms with Gasteiger partial charge in [-0.25, -0.2) is 0 Å². The predicted molar refractivity (Wildman–Crippen MR) is 138 cm³/mol. The van der Waals surface area contributed by atoms with Crippen molar-refractivity contribution < 1.29 is 47.5 Å². The fourth-order valence-electron chi connectivity index (χ4n) is 3.07. The first kappa shape index (κ1) is 32.4. The van der Waals surface area contributed by atoms with Crippen molar-refractivity contribution in [2.45, 2.75) is 27.7 Å². The highest BCUT2D eigenvalue weighted by Crippen LogP contribution is 2.32. The molecule has 0 atom stereocenters. The molecule has 0 fully saturated rings. The fraction of sp³-hybridized carbons (Fsp3) is 0.692. The monoisotopic (exact) mass is 529 g/mol. The van der Waals surface area contributed by atoms with Crippen molar-refractivity contribution in [3.8, 4) is 11.5 Å². The molecule has 37 heavy (non-hydrogen) atoms. The van der Waals surface area contributed by atoms with Gasteiger partial charge >= 0.3 is 11.9 Å². The highest BCUT2D eigenvalue weighted by atomic mass is 16.6. The van der Waals surface area contributed by atoms with Crippen LogP contribution in [0.3, 0.4) is 0 Å². The van der Waals surface area contributed by atoms with Gasteiger partial charge in [-0.05, 0) is 26.0 Å². The Morgan fingerprint density at radius 3 is 1.51 bits per heavy atom. The summed E-state index contributed by atoms with van der Waals surface area (Å²) in [5.41, 5.74) is 0.582. The Morgan fingerprint density at radius 1 is 0.676 bits per heavy atom. The van der Waals surface area contributed by atoms with E-state index in [-0.39, 0.29) is 32.9 Å². The molecule has 212 valence electrons. The fourth-order valence-corrected chi connectivity index (χ4v) is 3.07. The molecule has 0 radical (unpaired) electrons. The number of esters is 2. The molecule has 1 aromatic carbocycles. The van der Waals surface area contributed by atoms with Crippen LogP contribution >= 0.6 is 0 Å². The number of carbonyl (C=O) groups excluding carboxylic acids is 2. The van der Waals surface area contributed by atoms with Gasteiger partial charge in [0.25, 0.3) is 0 Å². The molecule has 0 aliphatic carbocycles. The summed E-state index contributed by atoms with van der Waals surface area (Å²) >= 11 is 0. The first-order chi connectivity index (χ1) is 18.1. The SMILES string of the molecule is CC.CCOC(=O)CN(CC(=O)OCC)c1ccc2c(c1)OCCOCCOCCOCCOCCO2. The molecular formula is C26H43NO10. The van der Waals surface area contributed by atoms with E-state index < -0.39 is 11.9 Å². The van der Waals surface area contributed by atoms with Crippen LogP contribution in [-0.4, -0.2) is 104 Å². The van der Waals surface area contributed by atoms with Crippen molar-refractivity contribution in [2.24, 2.45) is 0 Å².